The summed E-state index contributed by atoms with van der Waals surface area (Å²) in [4.78, 5) is 18.8. The minimum absolute atomic E-state index is 0.0910. The summed E-state index contributed by atoms with van der Waals surface area (Å²) < 4.78 is 0. The fourth-order valence-electron chi connectivity index (χ4n) is 2.44. The van der Waals surface area contributed by atoms with Gasteiger partial charge in [-0.2, -0.15) is 0 Å². The van der Waals surface area contributed by atoms with Crippen LogP contribution in [0.15, 0.2) is 5.38 Å². The predicted octanol–water partition coefficient (Wildman–Crippen LogP) is 2.59. The van der Waals surface area contributed by atoms with Gasteiger partial charge in [0.15, 0.2) is 0 Å². The molecule has 1 N–H and O–H groups in total. The zero-order chi connectivity index (χ0) is 14.2. The Morgan fingerprint density at radius 3 is 2.95 bits per heavy atom. The van der Waals surface area contributed by atoms with Crippen LogP contribution in [-0.4, -0.2) is 35.4 Å². The van der Waals surface area contributed by atoms with E-state index in [0.717, 1.165) is 36.6 Å². The number of thiazole rings is 1. The van der Waals surface area contributed by atoms with E-state index >= 15 is 0 Å². The summed E-state index contributed by atoms with van der Waals surface area (Å²) in [5.74, 6) is 0.0910. The number of amides is 1. The number of piperidine rings is 1. The maximum atomic E-state index is 11.7. The van der Waals surface area contributed by atoms with Gasteiger partial charge in [-0.3, -0.25) is 9.69 Å². The fourth-order valence-corrected chi connectivity index (χ4v) is 3.28. The minimum atomic E-state index is 0.0910. The van der Waals surface area contributed by atoms with Gasteiger partial charge in [0.05, 0.1) is 18.7 Å². The van der Waals surface area contributed by atoms with Crippen LogP contribution in [0.4, 0.5) is 0 Å². The lowest BCUT2D eigenvalue weighted by Crippen LogP contribution is -2.29. The molecule has 0 bridgehead atoms. The molecule has 0 spiro atoms. The molecule has 1 fully saturated rings. The maximum absolute atomic E-state index is 11.7. The van der Waals surface area contributed by atoms with Gasteiger partial charge in [-0.1, -0.05) is 19.8 Å². The molecule has 112 valence electrons. The molecule has 0 radical (unpaired) electrons. The van der Waals surface area contributed by atoms with Gasteiger partial charge in [0.25, 0.3) is 0 Å². The summed E-state index contributed by atoms with van der Waals surface area (Å²) in [7, 11) is 0. The summed E-state index contributed by atoms with van der Waals surface area (Å²) in [5, 5.41) is 6.11. The standard InChI is InChI=1S/C15H25N3OS/c1-2-3-7-16-14(19)10-13-12-20-15(17-13)11-18-8-5-4-6-9-18/h12H,2-11H2,1H3,(H,16,19). The number of carbonyl (C=O) groups is 1. The Morgan fingerprint density at radius 1 is 1.40 bits per heavy atom. The van der Waals surface area contributed by atoms with E-state index in [-0.39, 0.29) is 5.91 Å². The van der Waals surface area contributed by atoms with Crippen molar-refractivity contribution in [2.45, 2.75) is 52.0 Å². The lowest BCUT2D eigenvalue weighted by atomic mass is 10.1. The fraction of sp³-hybridized carbons (Fsp3) is 0.733. The molecule has 20 heavy (non-hydrogen) atoms. The van der Waals surface area contributed by atoms with Crippen molar-refractivity contribution in [2.24, 2.45) is 0 Å². The molecule has 5 heteroatoms. The summed E-state index contributed by atoms with van der Waals surface area (Å²) in [5.41, 5.74) is 0.913. The highest BCUT2D eigenvalue weighted by atomic mass is 32.1. The Balaban J connectivity index is 1.75. The van der Waals surface area contributed by atoms with E-state index < -0.39 is 0 Å². The number of unbranched alkanes of at least 4 members (excludes halogenated alkanes) is 1. The Labute approximate surface area is 125 Å². The van der Waals surface area contributed by atoms with Crippen molar-refractivity contribution in [1.29, 1.82) is 0 Å². The van der Waals surface area contributed by atoms with Crippen LogP contribution in [0.25, 0.3) is 0 Å². The van der Waals surface area contributed by atoms with Crippen LogP contribution in [-0.2, 0) is 17.8 Å². The van der Waals surface area contributed by atoms with E-state index in [1.165, 1.54) is 32.4 Å². The Hall–Kier alpha value is -0.940. The quantitative estimate of drug-likeness (QED) is 0.786. The van der Waals surface area contributed by atoms with Gasteiger partial charge in [-0.05, 0) is 32.4 Å². The number of likely N-dealkylation sites (tertiary alicyclic amines) is 1. The Morgan fingerprint density at radius 2 is 2.20 bits per heavy atom. The second-order valence-electron chi connectivity index (χ2n) is 5.45. The highest BCUT2D eigenvalue weighted by Crippen LogP contribution is 2.16. The molecule has 1 aliphatic heterocycles. The first-order valence-electron chi connectivity index (χ1n) is 7.70. The SMILES string of the molecule is CCCCNC(=O)Cc1csc(CN2CCCCC2)n1. The molecular weight excluding hydrogens is 270 g/mol. The molecule has 0 atom stereocenters. The third kappa shape index (κ3) is 5.21. The van der Waals surface area contributed by atoms with Crippen LogP contribution in [0.1, 0.15) is 49.7 Å². The molecule has 1 aromatic rings. The number of rotatable bonds is 7. The number of nitrogens with one attached hydrogen (secondary N) is 1. The van der Waals surface area contributed by atoms with E-state index in [1.54, 1.807) is 11.3 Å². The summed E-state index contributed by atoms with van der Waals surface area (Å²) in [6, 6.07) is 0. The first kappa shape index (κ1) is 15.4. The van der Waals surface area contributed by atoms with E-state index in [1.807, 2.05) is 5.38 Å². The van der Waals surface area contributed by atoms with Gasteiger partial charge >= 0.3 is 0 Å². The molecule has 1 amide bonds. The van der Waals surface area contributed by atoms with Gasteiger partial charge < -0.3 is 5.32 Å². The molecule has 1 aliphatic rings. The maximum Gasteiger partial charge on any atom is 0.226 e. The van der Waals surface area contributed by atoms with E-state index in [4.69, 9.17) is 0 Å². The monoisotopic (exact) mass is 295 g/mol. The van der Waals surface area contributed by atoms with Gasteiger partial charge in [0, 0.05) is 11.9 Å². The zero-order valence-corrected chi connectivity index (χ0v) is 13.2. The summed E-state index contributed by atoms with van der Waals surface area (Å²) >= 11 is 1.68. The number of aromatic nitrogens is 1. The molecule has 1 saturated heterocycles. The van der Waals surface area contributed by atoms with Crippen molar-refractivity contribution in [1.82, 2.24) is 15.2 Å². The third-order valence-corrected chi connectivity index (χ3v) is 4.48. The molecule has 4 nitrogen and oxygen atoms in total. The second-order valence-corrected chi connectivity index (χ2v) is 6.39. The van der Waals surface area contributed by atoms with Gasteiger partial charge in [-0.15, -0.1) is 11.3 Å². The van der Waals surface area contributed by atoms with Gasteiger partial charge in [0.2, 0.25) is 5.91 Å². The zero-order valence-electron chi connectivity index (χ0n) is 12.4. The average molecular weight is 295 g/mol. The number of hydrogen-bond acceptors (Lipinski definition) is 4. The second kappa shape index (κ2) is 8.37. The van der Waals surface area contributed by atoms with Crippen LogP contribution in [0.2, 0.25) is 0 Å². The van der Waals surface area contributed by atoms with Crippen molar-refractivity contribution < 1.29 is 4.79 Å². The van der Waals surface area contributed by atoms with Crippen LogP contribution in [0, 0.1) is 0 Å². The highest BCUT2D eigenvalue weighted by Gasteiger charge is 2.13. The molecule has 2 heterocycles. The first-order valence-corrected chi connectivity index (χ1v) is 8.58. The minimum Gasteiger partial charge on any atom is -0.356 e. The Bertz CT molecular complexity index is 413. The van der Waals surface area contributed by atoms with Crippen LogP contribution < -0.4 is 5.32 Å². The van der Waals surface area contributed by atoms with E-state index in [2.05, 4.69) is 22.1 Å². The lowest BCUT2D eigenvalue weighted by molar-refractivity contribution is -0.120. The largest absolute Gasteiger partial charge is 0.356 e. The number of nitrogens with zero attached hydrogens (tertiary/aromatic N) is 2. The molecule has 0 unspecified atom stereocenters. The van der Waals surface area contributed by atoms with Crippen molar-refractivity contribution in [2.75, 3.05) is 19.6 Å². The smallest absolute Gasteiger partial charge is 0.226 e. The number of carbonyl (C=O) groups excluding carboxylic acids is 1. The number of hydrogen-bond donors (Lipinski definition) is 1. The van der Waals surface area contributed by atoms with Crippen molar-refractivity contribution in [3.05, 3.63) is 16.1 Å². The molecule has 0 aromatic carbocycles. The third-order valence-electron chi connectivity index (χ3n) is 3.60. The van der Waals surface area contributed by atoms with E-state index in [9.17, 15) is 4.79 Å². The van der Waals surface area contributed by atoms with Crippen LogP contribution in [0.3, 0.4) is 0 Å². The van der Waals surface area contributed by atoms with Crippen LogP contribution >= 0.6 is 11.3 Å². The molecule has 1 aromatic heterocycles. The molecule has 0 saturated carbocycles. The van der Waals surface area contributed by atoms with Crippen molar-refractivity contribution >= 4 is 17.2 Å². The Kier molecular flexibility index (Phi) is 6.47. The van der Waals surface area contributed by atoms with Crippen molar-refractivity contribution in [3.63, 3.8) is 0 Å². The molecular formula is C15H25N3OS. The van der Waals surface area contributed by atoms with Gasteiger partial charge in [-0.25, -0.2) is 4.98 Å². The first-order chi connectivity index (χ1) is 9.78. The molecule has 2 rings (SSSR count). The van der Waals surface area contributed by atoms with Crippen molar-refractivity contribution in [3.8, 4) is 0 Å². The topological polar surface area (TPSA) is 45.2 Å². The average Bonchev–Trinajstić information content (AvgIpc) is 2.87. The summed E-state index contributed by atoms with van der Waals surface area (Å²) in [6.45, 7) is 6.22. The van der Waals surface area contributed by atoms with Gasteiger partial charge in [0.1, 0.15) is 5.01 Å². The molecule has 0 aliphatic carbocycles. The predicted molar refractivity (Wildman–Crippen MR) is 82.9 cm³/mol. The highest BCUT2D eigenvalue weighted by molar-refractivity contribution is 7.09. The lowest BCUT2D eigenvalue weighted by Gasteiger charge is -2.25. The normalized spacial score (nSPS) is 16.2. The van der Waals surface area contributed by atoms with Crippen LogP contribution in [0.5, 0.6) is 0 Å². The summed E-state index contributed by atoms with van der Waals surface area (Å²) in [6.07, 6.45) is 6.54. The van der Waals surface area contributed by atoms with E-state index in [0.29, 0.717) is 6.42 Å².